The minimum absolute atomic E-state index is 0.147. The monoisotopic (exact) mass is 224 g/mol. The van der Waals surface area contributed by atoms with E-state index in [9.17, 15) is 4.57 Å². The van der Waals surface area contributed by atoms with Gasteiger partial charge in [-0.2, -0.15) is 0 Å². The average molecular weight is 224 g/mol. The minimum Gasteiger partial charge on any atom is -0.303 e. The Kier molecular flexibility index (Phi) is 5.91. The van der Waals surface area contributed by atoms with Gasteiger partial charge in [0, 0.05) is 0 Å². The van der Waals surface area contributed by atoms with Crippen molar-refractivity contribution >= 4 is 7.82 Å². The van der Waals surface area contributed by atoms with Gasteiger partial charge in [0.05, 0.1) is 6.61 Å². The third-order valence-corrected chi connectivity index (χ3v) is 2.35. The molecule has 86 valence electrons. The third kappa shape index (κ3) is 12.1. The Balaban J connectivity index is 3.28. The molecule has 0 aromatic rings. The highest BCUT2D eigenvalue weighted by Crippen LogP contribution is 2.35. The Morgan fingerprint density at radius 2 is 1.71 bits per heavy atom. The summed E-state index contributed by atoms with van der Waals surface area (Å²) in [6, 6.07) is 0. The minimum atomic E-state index is -4.25. The Hall–Kier alpha value is 0.110. The molecule has 0 aromatic heterocycles. The third-order valence-electron chi connectivity index (χ3n) is 1.83. The molecule has 0 amide bonds. The second-order valence-electron chi connectivity index (χ2n) is 4.70. The number of rotatable bonds is 6. The van der Waals surface area contributed by atoms with Crippen molar-refractivity contribution in [1.82, 2.24) is 0 Å². The maximum Gasteiger partial charge on any atom is 0.469 e. The van der Waals surface area contributed by atoms with Crippen LogP contribution in [-0.2, 0) is 9.09 Å². The smallest absolute Gasteiger partial charge is 0.303 e. The average Bonchev–Trinajstić information content (AvgIpc) is 1.92. The summed E-state index contributed by atoms with van der Waals surface area (Å²) in [6.45, 7) is 6.69. The van der Waals surface area contributed by atoms with Crippen LogP contribution in [0.5, 0.6) is 0 Å². The molecule has 0 spiro atoms. The maximum absolute atomic E-state index is 10.3. The summed E-state index contributed by atoms with van der Waals surface area (Å²) in [7, 11) is -4.25. The molecule has 2 N–H and O–H groups in total. The molecule has 0 rings (SSSR count). The van der Waals surface area contributed by atoms with E-state index >= 15 is 0 Å². The molecule has 0 fully saturated rings. The van der Waals surface area contributed by atoms with Crippen molar-refractivity contribution in [3.05, 3.63) is 0 Å². The van der Waals surface area contributed by atoms with E-state index in [4.69, 9.17) is 9.79 Å². The molecule has 0 aliphatic carbocycles. The van der Waals surface area contributed by atoms with Gasteiger partial charge in [-0.15, -0.1) is 0 Å². The highest BCUT2D eigenvalue weighted by molar-refractivity contribution is 7.46. The highest BCUT2D eigenvalue weighted by Gasteiger charge is 2.13. The van der Waals surface area contributed by atoms with Crippen molar-refractivity contribution in [2.45, 2.75) is 46.5 Å². The molecular weight excluding hydrogens is 203 g/mol. The number of phosphoric ester groups is 1. The van der Waals surface area contributed by atoms with Gasteiger partial charge in [-0.1, -0.05) is 33.6 Å². The van der Waals surface area contributed by atoms with Gasteiger partial charge in [0.25, 0.3) is 0 Å². The molecule has 0 radical (unpaired) electrons. The van der Waals surface area contributed by atoms with Gasteiger partial charge in [-0.05, 0) is 18.3 Å². The maximum atomic E-state index is 10.3. The number of hydrogen-bond donors (Lipinski definition) is 2. The Morgan fingerprint density at radius 3 is 2.14 bits per heavy atom. The number of hydrogen-bond acceptors (Lipinski definition) is 2. The van der Waals surface area contributed by atoms with Crippen LogP contribution in [0.1, 0.15) is 46.5 Å². The van der Waals surface area contributed by atoms with Crippen LogP contribution in [0, 0.1) is 5.41 Å². The molecular formula is C9H21O4P. The van der Waals surface area contributed by atoms with Gasteiger partial charge in [-0.25, -0.2) is 4.57 Å². The summed E-state index contributed by atoms with van der Waals surface area (Å²) in [5.41, 5.74) is 0.337. The Morgan fingerprint density at radius 1 is 1.14 bits per heavy atom. The standard InChI is InChI=1S/C9H21O4P/c1-9(2,3)7-5-4-6-8-13-14(10,11)12/h4-8H2,1-3H3,(H2,10,11,12). The van der Waals surface area contributed by atoms with E-state index in [0.717, 1.165) is 19.3 Å². The zero-order valence-electron chi connectivity index (χ0n) is 9.19. The normalized spacial score (nSPS) is 13.2. The zero-order valence-corrected chi connectivity index (χ0v) is 10.1. The van der Waals surface area contributed by atoms with E-state index in [2.05, 4.69) is 25.3 Å². The number of unbranched alkanes of at least 4 members (excludes halogenated alkanes) is 2. The van der Waals surface area contributed by atoms with Crippen LogP contribution in [0.3, 0.4) is 0 Å². The van der Waals surface area contributed by atoms with Gasteiger partial charge in [0.15, 0.2) is 0 Å². The topological polar surface area (TPSA) is 66.8 Å². The van der Waals surface area contributed by atoms with Crippen molar-refractivity contribution in [1.29, 1.82) is 0 Å². The first-order valence-electron chi connectivity index (χ1n) is 4.91. The first-order chi connectivity index (χ1) is 6.21. The fraction of sp³-hybridized carbons (Fsp3) is 1.00. The predicted octanol–water partition coefficient (Wildman–Crippen LogP) is 2.70. The molecule has 0 unspecified atom stereocenters. The predicted molar refractivity (Wildman–Crippen MR) is 55.9 cm³/mol. The molecule has 14 heavy (non-hydrogen) atoms. The van der Waals surface area contributed by atoms with Gasteiger partial charge in [-0.3, -0.25) is 4.52 Å². The van der Waals surface area contributed by atoms with E-state index in [-0.39, 0.29) is 6.61 Å². The fourth-order valence-electron chi connectivity index (χ4n) is 1.12. The Bertz CT molecular complexity index is 191. The van der Waals surface area contributed by atoms with E-state index in [1.54, 1.807) is 0 Å². The van der Waals surface area contributed by atoms with Gasteiger partial charge >= 0.3 is 7.82 Å². The molecule has 0 atom stereocenters. The van der Waals surface area contributed by atoms with Crippen LogP contribution in [-0.4, -0.2) is 16.4 Å². The van der Waals surface area contributed by atoms with E-state index in [0.29, 0.717) is 11.8 Å². The van der Waals surface area contributed by atoms with Crippen molar-refractivity contribution in [2.75, 3.05) is 6.61 Å². The first kappa shape index (κ1) is 14.1. The molecule has 0 bridgehead atoms. The van der Waals surface area contributed by atoms with Crippen LogP contribution >= 0.6 is 7.82 Å². The van der Waals surface area contributed by atoms with Crippen LogP contribution in [0.15, 0.2) is 0 Å². The van der Waals surface area contributed by atoms with E-state index < -0.39 is 7.82 Å². The summed E-state index contributed by atoms with van der Waals surface area (Å²) in [4.78, 5) is 16.8. The van der Waals surface area contributed by atoms with Crippen LogP contribution in [0.25, 0.3) is 0 Å². The summed E-state index contributed by atoms with van der Waals surface area (Å²) in [5.74, 6) is 0. The molecule has 0 aromatic carbocycles. The van der Waals surface area contributed by atoms with Crippen molar-refractivity contribution in [3.8, 4) is 0 Å². The van der Waals surface area contributed by atoms with Crippen molar-refractivity contribution < 1.29 is 18.9 Å². The Labute approximate surface area is 85.9 Å². The van der Waals surface area contributed by atoms with Gasteiger partial charge < -0.3 is 9.79 Å². The first-order valence-corrected chi connectivity index (χ1v) is 6.44. The van der Waals surface area contributed by atoms with Crippen LogP contribution < -0.4 is 0 Å². The molecule has 0 aliphatic heterocycles. The van der Waals surface area contributed by atoms with Gasteiger partial charge in [0.1, 0.15) is 0 Å². The molecule has 0 saturated heterocycles. The van der Waals surface area contributed by atoms with E-state index in [1.165, 1.54) is 0 Å². The molecule has 0 heterocycles. The lowest BCUT2D eigenvalue weighted by Crippen LogP contribution is -2.04. The fourth-order valence-corrected chi connectivity index (χ4v) is 1.48. The van der Waals surface area contributed by atoms with Crippen LogP contribution in [0.4, 0.5) is 0 Å². The lowest BCUT2D eigenvalue weighted by molar-refractivity contribution is 0.192. The summed E-state index contributed by atoms with van der Waals surface area (Å²) in [5, 5.41) is 0. The quantitative estimate of drug-likeness (QED) is 0.537. The molecule has 5 heteroatoms. The van der Waals surface area contributed by atoms with Gasteiger partial charge in [0.2, 0.25) is 0 Å². The SMILES string of the molecule is CC(C)(C)CCCCCOP(=O)(O)O. The van der Waals surface area contributed by atoms with Crippen LogP contribution in [0.2, 0.25) is 0 Å². The zero-order chi connectivity index (χ0) is 11.2. The highest BCUT2D eigenvalue weighted by atomic mass is 31.2. The largest absolute Gasteiger partial charge is 0.469 e. The summed E-state index contributed by atoms with van der Waals surface area (Å²) >= 11 is 0. The second kappa shape index (κ2) is 5.86. The van der Waals surface area contributed by atoms with Crippen molar-refractivity contribution in [2.24, 2.45) is 5.41 Å². The molecule has 0 saturated carbocycles. The van der Waals surface area contributed by atoms with E-state index in [1.807, 2.05) is 0 Å². The lowest BCUT2D eigenvalue weighted by Gasteiger charge is -2.17. The lowest BCUT2D eigenvalue weighted by atomic mass is 9.89. The second-order valence-corrected chi connectivity index (χ2v) is 5.93. The van der Waals surface area contributed by atoms with Crippen molar-refractivity contribution in [3.63, 3.8) is 0 Å². The summed E-state index contributed by atoms with van der Waals surface area (Å²) < 4.78 is 14.6. The molecule has 0 aliphatic rings. The number of phosphoric acid groups is 1. The summed E-state index contributed by atoms with van der Waals surface area (Å²) in [6.07, 6.45) is 3.87. The molecule has 4 nitrogen and oxygen atoms in total.